The van der Waals surface area contributed by atoms with Gasteiger partial charge in [0, 0.05) is 28.7 Å². The highest BCUT2D eigenvalue weighted by atomic mass is 35.5. The molecule has 0 spiro atoms. The van der Waals surface area contributed by atoms with Crippen molar-refractivity contribution in [2.45, 2.75) is 94.8 Å². The monoisotopic (exact) mass is 704 g/mol. The molecule has 244 valence electrons. The fraction of sp³-hybridized carbons (Fsp3) is 0.469. The smallest absolute Gasteiger partial charge is 0.264 e. The molecule has 2 heterocycles. The molecule has 2 N–H and O–H groups in total. The van der Waals surface area contributed by atoms with E-state index >= 15 is 0 Å². The number of aromatic nitrogens is 2. The Labute approximate surface area is 281 Å². The van der Waals surface area contributed by atoms with Gasteiger partial charge in [0.05, 0.1) is 38.8 Å². The Bertz CT molecular complexity index is 1880. The van der Waals surface area contributed by atoms with Crippen LogP contribution in [0.2, 0.25) is 10.0 Å². The molecule has 2 aromatic carbocycles. The number of ether oxygens (including phenoxy) is 2. The van der Waals surface area contributed by atoms with Crippen LogP contribution in [0.3, 0.4) is 0 Å². The molecule has 0 saturated heterocycles. The Morgan fingerprint density at radius 3 is 2.57 bits per heavy atom. The average Bonchev–Trinajstić information content (AvgIpc) is 3.91. The maximum atomic E-state index is 12.9. The first-order valence-corrected chi connectivity index (χ1v) is 18.7. The lowest BCUT2D eigenvalue weighted by Crippen LogP contribution is -2.33. The van der Waals surface area contributed by atoms with Gasteiger partial charge in [-0.05, 0) is 83.1 Å². The third-order valence-corrected chi connectivity index (χ3v) is 11.8. The third kappa shape index (κ3) is 6.73. The number of anilines is 1. The molecule has 0 radical (unpaired) electrons. The topological polar surface area (TPSA) is 133 Å². The predicted molar refractivity (Wildman–Crippen MR) is 179 cm³/mol. The summed E-state index contributed by atoms with van der Waals surface area (Å²) >= 11 is 14.4. The first-order chi connectivity index (χ1) is 22.1. The summed E-state index contributed by atoms with van der Waals surface area (Å²) < 4.78 is 45.9. The minimum Gasteiger partial charge on any atom is -0.489 e. The van der Waals surface area contributed by atoms with E-state index in [-0.39, 0.29) is 23.8 Å². The Balaban J connectivity index is 1.04. The van der Waals surface area contributed by atoms with Crippen LogP contribution in [0.15, 0.2) is 34.9 Å². The van der Waals surface area contributed by atoms with Gasteiger partial charge < -0.3 is 19.3 Å². The normalized spacial score (nSPS) is 20.0. The first-order valence-electron chi connectivity index (χ1n) is 15.5. The van der Waals surface area contributed by atoms with Gasteiger partial charge in [0.1, 0.15) is 22.7 Å². The van der Waals surface area contributed by atoms with Gasteiger partial charge >= 0.3 is 0 Å². The van der Waals surface area contributed by atoms with Crippen LogP contribution in [0.5, 0.6) is 5.75 Å². The fourth-order valence-electron chi connectivity index (χ4n) is 5.83. The predicted octanol–water partition coefficient (Wildman–Crippen LogP) is 7.69. The van der Waals surface area contributed by atoms with Gasteiger partial charge in [0.2, 0.25) is 10.0 Å². The van der Waals surface area contributed by atoms with E-state index in [1.165, 1.54) is 11.3 Å². The number of halogens is 2. The standard InChI is InChI=1S/C32H34Cl2N4O6S2/c1-16(2)43-25-12-18(31(39)38-46(40,41)21-10-11-21)13-26-29(25)36-32(45-26)35-19-8-9-20(14-19)42-15-22-28(37-44-30(22)17-6-7-17)27-23(33)4-3-5-24(27)34/h3-5,12-13,16-17,19-21H,6-11,14-15H2,1-2H3,(H,35,36)(H,38,39)/t19-,20+/m1/s1. The van der Waals surface area contributed by atoms with Gasteiger partial charge in [-0.15, -0.1) is 0 Å². The summed E-state index contributed by atoms with van der Waals surface area (Å²) in [5.74, 6) is 0.967. The van der Waals surface area contributed by atoms with E-state index in [0.717, 1.165) is 48.1 Å². The zero-order valence-electron chi connectivity index (χ0n) is 25.3. The van der Waals surface area contributed by atoms with E-state index in [1.807, 2.05) is 13.8 Å². The summed E-state index contributed by atoms with van der Waals surface area (Å²) in [6.07, 6.45) is 5.67. The third-order valence-electron chi connectivity index (χ3n) is 8.42. The van der Waals surface area contributed by atoms with Crippen LogP contribution in [-0.4, -0.2) is 48.0 Å². The Kier molecular flexibility index (Phi) is 8.69. The average molecular weight is 706 g/mol. The molecule has 2 atom stereocenters. The highest BCUT2D eigenvalue weighted by molar-refractivity contribution is 7.91. The Morgan fingerprint density at radius 2 is 1.87 bits per heavy atom. The van der Waals surface area contributed by atoms with E-state index in [2.05, 4.69) is 15.2 Å². The number of sulfonamides is 1. The van der Waals surface area contributed by atoms with Gasteiger partial charge in [-0.1, -0.05) is 45.8 Å². The number of hydrogen-bond donors (Lipinski definition) is 2. The minimum absolute atomic E-state index is 0.0203. The van der Waals surface area contributed by atoms with Crippen LogP contribution >= 0.6 is 34.5 Å². The molecule has 10 nitrogen and oxygen atoms in total. The number of nitrogens with zero attached hydrogens (tertiary/aromatic N) is 2. The number of hydrogen-bond acceptors (Lipinski definition) is 10. The number of fused-ring (bicyclic) bond motifs is 1. The largest absolute Gasteiger partial charge is 0.489 e. The van der Waals surface area contributed by atoms with Crippen LogP contribution in [0, 0.1) is 0 Å². The molecule has 3 aliphatic carbocycles. The molecule has 14 heteroatoms. The molecule has 1 amide bonds. The quantitative estimate of drug-likeness (QED) is 0.152. The minimum atomic E-state index is -3.68. The van der Waals surface area contributed by atoms with Gasteiger partial charge in [-0.25, -0.2) is 18.1 Å². The molecular formula is C32H34Cl2N4O6S2. The molecule has 3 aliphatic rings. The van der Waals surface area contributed by atoms with Gasteiger partial charge in [-0.3, -0.25) is 4.79 Å². The summed E-state index contributed by atoms with van der Waals surface area (Å²) in [4.78, 5) is 17.7. The van der Waals surface area contributed by atoms with E-state index in [1.54, 1.807) is 30.3 Å². The maximum Gasteiger partial charge on any atom is 0.264 e. The van der Waals surface area contributed by atoms with Crippen molar-refractivity contribution in [1.82, 2.24) is 14.9 Å². The van der Waals surface area contributed by atoms with Crippen molar-refractivity contribution in [1.29, 1.82) is 0 Å². The van der Waals surface area contributed by atoms with Gasteiger partial charge in [0.25, 0.3) is 5.91 Å². The van der Waals surface area contributed by atoms with Gasteiger partial charge in [-0.2, -0.15) is 0 Å². The first kappa shape index (κ1) is 31.7. The second kappa shape index (κ2) is 12.6. The summed E-state index contributed by atoms with van der Waals surface area (Å²) in [5.41, 5.74) is 3.04. The molecular weight excluding hydrogens is 671 g/mol. The summed E-state index contributed by atoms with van der Waals surface area (Å²) in [6.45, 7) is 4.13. The van der Waals surface area contributed by atoms with Crippen molar-refractivity contribution in [2.75, 3.05) is 5.32 Å². The van der Waals surface area contributed by atoms with Crippen LogP contribution in [0.25, 0.3) is 21.5 Å². The second-order valence-electron chi connectivity index (χ2n) is 12.5. The summed E-state index contributed by atoms with van der Waals surface area (Å²) in [7, 11) is -3.68. The number of carbonyl (C=O) groups is 1. The van der Waals surface area contributed by atoms with Crippen molar-refractivity contribution in [3.63, 3.8) is 0 Å². The molecule has 46 heavy (non-hydrogen) atoms. The van der Waals surface area contributed by atoms with Gasteiger partial charge in [0.15, 0.2) is 5.13 Å². The van der Waals surface area contributed by atoms with Crippen molar-refractivity contribution in [2.24, 2.45) is 0 Å². The molecule has 7 rings (SSSR count). The van der Waals surface area contributed by atoms with Crippen LogP contribution in [0.1, 0.15) is 86.4 Å². The lowest BCUT2D eigenvalue weighted by molar-refractivity contribution is 0.0446. The highest BCUT2D eigenvalue weighted by Crippen LogP contribution is 2.46. The summed E-state index contributed by atoms with van der Waals surface area (Å²) in [5, 5.41) is 9.15. The molecule has 2 aromatic heterocycles. The molecule has 3 saturated carbocycles. The van der Waals surface area contributed by atoms with Crippen LogP contribution in [0.4, 0.5) is 5.13 Å². The van der Waals surface area contributed by atoms with Crippen LogP contribution < -0.4 is 14.8 Å². The van der Waals surface area contributed by atoms with E-state index in [9.17, 15) is 13.2 Å². The molecule has 0 aliphatic heterocycles. The van der Waals surface area contributed by atoms with Crippen LogP contribution in [-0.2, 0) is 21.4 Å². The van der Waals surface area contributed by atoms with E-state index in [0.29, 0.717) is 63.1 Å². The van der Waals surface area contributed by atoms with Crippen molar-refractivity contribution < 1.29 is 27.2 Å². The number of thiazole rings is 1. The molecule has 0 bridgehead atoms. The fourth-order valence-corrected chi connectivity index (χ4v) is 8.71. The summed E-state index contributed by atoms with van der Waals surface area (Å²) in [6, 6.07) is 8.76. The number of rotatable bonds is 12. The number of carbonyl (C=O) groups excluding carboxylic acids is 1. The number of nitrogens with one attached hydrogen (secondary N) is 2. The lowest BCUT2D eigenvalue weighted by atomic mass is 10.0. The maximum absolute atomic E-state index is 12.9. The molecule has 0 unspecified atom stereocenters. The zero-order valence-corrected chi connectivity index (χ0v) is 28.5. The second-order valence-corrected chi connectivity index (χ2v) is 16.3. The number of benzene rings is 2. The number of amides is 1. The van der Waals surface area contributed by atoms with Crippen molar-refractivity contribution in [3.05, 3.63) is 57.3 Å². The molecule has 3 fully saturated rings. The van der Waals surface area contributed by atoms with Crippen molar-refractivity contribution in [3.8, 4) is 17.0 Å². The Morgan fingerprint density at radius 1 is 1.11 bits per heavy atom. The molecule has 4 aromatic rings. The van der Waals surface area contributed by atoms with E-state index < -0.39 is 21.2 Å². The highest BCUT2D eigenvalue weighted by Gasteiger charge is 2.37. The lowest BCUT2D eigenvalue weighted by Gasteiger charge is -2.14. The van der Waals surface area contributed by atoms with Crippen molar-refractivity contribution >= 4 is 65.8 Å². The SMILES string of the molecule is CC(C)Oc1cc(C(=O)NS(=O)(=O)C2CC2)cc2sc(N[C@@H]3CC[C@H](OCc4c(-c5c(Cl)cccc5Cl)noc4C4CC4)C3)nc12. The van der Waals surface area contributed by atoms with E-state index in [4.69, 9.17) is 42.2 Å². The Hall–Kier alpha value is -2.90. The zero-order chi connectivity index (χ0) is 32.2.